The molecule has 0 unspecified atom stereocenters. The second-order valence-corrected chi connectivity index (χ2v) is 7.20. The Morgan fingerprint density at radius 3 is 1.57 bits per heavy atom. The van der Waals surface area contributed by atoms with E-state index in [-0.39, 0.29) is 29.5 Å². The van der Waals surface area contributed by atoms with Gasteiger partial charge in [0, 0.05) is 11.1 Å². The molecule has 10 nitrogen and oxygen atoms in total. The van der Waals surface area contributed by atoms with Crippen molar-refractivity contribution >= 4 is 35.6 Å². The quantitative estimate of drug-likeness (QED) is 0.651. The molecular weight excluding hydrogens is 467 g/mol. The van der Waals surface area contributed by atoms with E-state index in [9.17, 15) is 13.2 Å². The van der Waals surface area contributed by atoms with Gasteiger partial charge in [-0.2, -0.15) is 43.1 Å². The molecule has 178 valence electrons. The summed E-state index contributed by atoms with van der Waals surface area (Å²) in [6.07, 6.45) is -4.57. The van der Waals surface area contributed by atoms with Crippen LogP contribution in [0.1, 0.15) is 11.1 Å². The van der Waals surface area contributed by atoms with E-state index in [0.717, 1.165) is 0 Å². The summed E-state index contributed by atoms with van der Waals surface area (Å²) in [6.45, 7) is -1.56. The van der Waals surface area contributed by atoms with Gasteiger partial charge in [-0.15, -0.1) is 0 Å². The summed E-state index contributed by atoms with van der Waals surface area (Å²) in [5.74, 6) is 1.86. The van der Waals surface area contributed by atoms with Crippen LogP contribution in [-0.4, -0.2) is 67.5 Å². The molecule has 0 fully saturated rings. The number of amidine groups is 3. The van der Waals surface area contributed by atoms with Gasteiger partial charge in [0.25, 0.3) is 0 Å². The molecule has 2 aromatic carbocycles. The molecule has 5 rings (SSSR count). The Morgan fingerprint density at radius 1 is 0.657 bits per heavy atom. The van der Waals surface area contributed by atoms with Crippen LogP contribution in [0.25, 0.3) is 0 Å². The van der Waals surface area contributed by atoms with E-state index in [4.69, 9.17) is 14.2 Å². The van der Waals surface area contributed by atoms with Crippen LogP contribution in [0.3, 0.4) is 0 Å². The molecule has 2 aromatic rings. The SMILES string of the molecule is COc1ccc(C2=NC3=NC(OCC(F)(F)F)=NC4=NC(c5ccc(OC)cc5)=NC(=N2)N34)cc1. The van der Waals surface area contributed by atoms with Crippen LogP contribution in [0.2, 0.25) is 0 Å². The Morgan fingerprint density at radius 2 is 1.11 bits per heavy atom. The fourth-order valence-corrected chi connectivity index (χ4v) is 3.22. The molecule has 0 spiro atoms. The van der Waals surface area contributed by atoms with Gasteiger partial charge in [-0.1, -0.05) is 0 Å². The third-order valence-corrected chi connectivity index (χ3v) is 4.88. The zero-order chi connectivity index (χ0) is 24.6. The highest BCUT2D eigenvalue weighted by atomic mass is 19.4. The topological polar surface area (TPSA) is 105 Å². The number of ether oxygens (including phenoxy) is 3. The van der Waals surface area contributed by atoms with Crippen molar-refractivity contribution < 1.29 is 27.4 Å². The van der Waals surface area contributed by atoms with E-state index in [2.05, 4.69) is 30.0 Å². The van der Waals surface area contributed by atoms with Gasteiger partial charge in [0.1, 0.15) is 11.5 Å². The zero-order valence-corrected chi connectivity index (χ0v) is 18.3. The molecular formula is C22H16F3N7O3. The average molecular weight is 483 g/mol. The minimum atomic E-state index is -4.57. The number of benzene rings is 2. The van der Waals surface area contributed by atoms with E-state index >= 15 is 0 Å². The van der Waals surface area contributed by atoms with Crippen LogP contribution >= 0.6 is 0 Å². The summed E-state index contributed by atoms with van der Waals surface area (Å²) >= 11 is 0. The molecule has 0 aliphatic carbocycles. The Hall–Kier alpha value is -4.55. The summed E-state index contributed by atoms with van der Waals surface area (Å²) in [4.78, 5) is 27.2. The summed E-state index contributed by atoms with van der Waals surface area (Å²) in [5.41, 5.74) is 1.23. The molecule has 0 saturated carbocycles. The van der Waals surface area contributed by atoms with Gasteiger partial charge in [0.15, 0.2) is 18.3 Å². The number of alkyl halides is 3. The van der Waals surface area contributed by atoms with Gasteiger partial charge < -0.3 is 14.2 Å². The molecule has 35 heavy (non-hydrogen) atoms. The van der Waals surface area contributed by atoms with Crippen LogP contribution in [0.15, 0.2) is 78.5 Å². The number of halogens is 3. The number of methoxy groups -OCH3 is 2. The molecule has 0 saturated heterocycles. The molecule has 0 bridgehead atoms. The molecule has 0 N–H and O–H groups in total. The molecule has 3 heterocycles. The number of aliphatic imine (C=N–C) groups is 6. The van der Waals surface area contributed by atoms with Crippen molar-refractivity contribution in [1.82, 2.24) is 4.90 Å². The van der Waals surface area contributed by atoms with Gasteiger partial charge in [-0.25, -0.2) is 4.90 Å². The number of hydrogen-bond donors (Lipinski definition) is 0. The molecule has 0 radical (unpaired) electrons. The van der Waals surface area contributed by atoms with Gasteiger partial charge >= 0.3 is 12.2 Å². The van der Waals surface area contributed by atoms with Crippen molar-refractivity contribution in [3.05, 3.63) is 59.7 Å². The molecule has 0 aromatic heterocycles. The predicted molar refractivity (Wildman–Crippen MR) is 123 cm³/mol. The highest BCUT2D eigenvalue weighted by molar-refractivity contribution is 6.32. The molecule has 13 heteroatoms. The Labute approximate surface area is 196 Å². The second-order valence-electron chi connectivity index (χ2n) is 7.20. The summed E-state index contributed by atoms with van der Waals surface area (Å²) in [7, 11) is 3.09. The first-order valence-corrected chi connectivity index (χ1v) is 10.1. The van der Waals surface area contributed by atoms with E-state index in [0.29, 0.717) is 22.6 Å². The Balaban J connectivity index is 1.59. The zero-order valence-electron chi connectivity index (χ0n) is 18.3. The predicted octanol–water partition coefficient (Wildman–Crippen LogP) is 3.24. The van der Waals surface area contributed by atoms with E-state index in [1.165, 1.54) is 4.90 Å². The Kier molecular flexibility index (Phi) is 5.51. The summed E-state index contributed by atoms with van der Waals surface area (Å²) < 4.78 is 53.3. The van der Waals surface area contributed by atoms with Crippen LogP contribution in [-0.2, 0) is 4.74 Å². The normalized spacial score (nSPS) is 16.7. The van der Waals surface area contributed by atoms with Crippen LogP contribution in [0.5, 0.6) is 11.5 Å². The highest BCUT2D eigenvalue weighted by Gasteiger charge is 2.37. The first-order valence-electron chi connectivity index (χ1n) is 10.1. The minimum Gasteiger partial charge on any atom is -0.497 e. The molecule has 0 atom stereocenters. The highest BCUT2D eigenvalue weighted by Crippen LogP contribution is 2.24. The molecule has 3 aliphatic rings. The molecule has 0 amide bonds. The van der Waals surface area contributed by atoms with Crippen molar-refractivity contribution in [2.75, 3.05) is 20.8 Å². The summed E-state index contributed by atoms with van der Waals surface area (Å²) in [6, 6.07) is 13.3. The lowest BCUT2D eigenvalue weighted by Crippen LogP contribution is -2.48. The first kappa shape index (κ1) is 22.3. The van der Waals surface area contributed by atoms with Gasteiger partial charge in [-0.05, 0) is 48.5 Å². The summed E-state index contributed by atoms with van der Waals surface area (Å²) in [5, 5.41) is 0. The fourth-order valence-electron chi connectivity index (χ4n) is 3.22. The maximum atomic E-state index is 12.7. The number of guanidine groups is 3. The standard InChI is InChI=1S/C22H16F3N7O3/c1-33-14-7-3-12(4-8-14)16-26-18-27-17(13-5-9-15(34-2)10-6-13)29-20-31-21(35-11-22(23,24)25)30-19(28-16)32(18)20/h3-10H,11H2,1-2H3. The van der Waals surface area contributed by atoms with Crippen LogP contribution in [0.4, 0.5) is 13.2 Å². The lowest BCUT2D eigenvalue weighted by atomic mass is 10.2. The van der Waals surface area contributed by atoms with E-state index in [1.54, 1.807) is 62.8 Å². The van der Waals surface area contributed by atoms with E-state index < -0.39 is 18.8 Å². The van der Waals surface area contributed by atoms with Crippen molar-refractivity contribution in [2.24, 2.45) is 30.0 Å². The van der Waals surface area contributed by atoms with Gasteiger partial charge in [0.2, 0.25) is 17.9 Å². The van der Waals surface area contributed by atoms with Crippen LogP contribution in [0, 0.1) is 0 Å². The van der Waals surface area contributed by atoms with Gasteiger partial charge in [0.05, 0.1) is 14.2 Å². The average Bonchev–Trinajstić information content (AvgIpc) is 2.87. The van der Waals surface area contributed by atoms with E-state index in [1.807, 2.05) is 0 Å². The lowest BCUT2D eigenvalue weighted by Gasteiger charge is -2.30. The third-order valence-electron chi connectivity index (χ3n) is 4.88. The fraction of sp³-hybridized carbons (Fsp3) is 0.182. The maximum absolute atomic E-state index is 12.7. The lowest BCUT2D eigenvalue weighted by molar-refractivity contribution is -0.156. The first-order chi connectivity index (χ1) is 16.8. The van der Waals surface area contributed by atoms with Crippen LogP contribution < -0.4 is 9.47 Å². The molecule has 3 aliphatic heterocycles. The van der Waals surface area contributed by atoms with Crippen molar-refractivity contribution in [1.29, 1.82) is 0 Å². The van der Waals surface area contributed by atoms with Crippen molar-refractivity contribution in [3.8, 4) is 11.5 Å². The number of hydrogen-bond acceptors (Lipinski definition) is 10. The van der Waals surface area contributed by atoms with Crippen molar-refractivity contribution in [3.63, 3.8) is 0 Å². The Bertz CT molecular complexity index is 1290. The largest absolute Gasteiger partial charge is 0.497 e. The monoisotopic (exact) mass is 483 g/mol. The third kappa shape index (κ3) is 4.60. The number of nitrogens with zero attached hydrogens (tertiary/aromatic N) is 7. The second kappa shape index (κ2) is 8.66. The van der Waals surface area contributed by atoms with Crippen molar-refractivity contribution in [2.45, 2.75) is 6.18 Å². The minimum absolute atomic E-state index is 0.0238. The maximum Gasteiger partial charge on any atom is 0.422 e. The van der Waals surface area contributed by atoms with Gasteiger partial charge in [-0.3, -0.25) is 0 Å². The number of rotatable bonds is 5. The smallest absolute Gasteiger partial charge is 0.422 e.